The predicted octanol–water partition coefficient (Wildman–Crippen LogP) is 2.80. The molecule has 2 aromatic carbocycles. The second kappa shape index (κ2) is 6.88. The number of halogens is 1. The second-order valence-corrected chi connectivity index (χ2v) is 5.75. The summed E-state index contributed by atoms with van der Waals surface area (Å²) >= 11 is 0. The number of hydrogen-bond acceptors (Lipinski definition) is 4. The first-order chi connectivity index (χ1) is 11.5. The van der Waals surface area contributed by atoms with Crippen LogP contribution < -0.4 is 14.8 Å². The number of aliphatic hydroxyl groups is 1. The summed E-state index contributed by atoms with van der Waals surface area (Å²) in [6.07, 6.45) is -0.459. The summed E-state index contributed by atoms with van der Waals surface area (Å²) in [6.45, 7) is 1.96. The Morgan fingerprint density at radius 3 is 2.67 bits per heavy atom. The molecule has 1 aliphatic rings. The fourth-order valence-electron chi connectivity index (χ4n) is 2.56. The number of nitrogens with one attached hydrogen (secondary N) is 1. The van der Waals surface area contributed by atoms with Gasteiger partial charge in [-0.3, -0.25) is 4.79 Å². The van der Waals surface area contributed by atoms with Gasteiger partial charge in [0.1, 0.15) is 5.82 Å². The lowest BCUT2D eigenvalue weighted by molar-refractivity contribution is 0.0916. The third kappa shape index (κ3) is 3.65. The second-order valence-electron chi connectivity index (χ2n) is 5.75. The first-order valence-electron chi connectivity index (χ1n) is 7.67. The Labute approximate surface area is 139 Å². The molecule has 0 saturated carbocycles. The van der Waals surface area contributed by atoms with Crippen molar-refractivity contribution in [1.82, 2.24) is 5.32 Å². The molecule has 0 unspecified atom stereocenters. The van der Waals surface area contributed by atoms with Crippen LogP contribution in [0.5, 0.6) is 11.5 Å². The monoisotopic (exact) mass is 331 g/mol. The summed E-state index contributed by atoms with van der Waals surface area (Å²) < 4.78 is 23.4. The molecule has 6 heteroatoms. The fourth-order valence-corrected chi connectivity index (χ4v) is 2.56. The minimum atomic E-state index is -0.780. The van der Waals surface area contributed by atoms with E-state index in [1.807, 2.05) is 0 Å². The molecule has 5 nitrogen and oxygen atoms in total. The predicted molar refractivity (Wildman–Crippen MR) is 85.5 cm³/mol. The number of benzene rings is 2. The molecule has 1 aliphatic heterocycles. The van der Waals surface area contributed by atoms with Gasteiger partial charge in [-0.25, -0.2) is 4.39 Å². The average molecular weight is 331 g/mol. The van der Waals surface area contributed by atoms with E-state index < -0.39 is 6.10 Å². The van der Waals surface area contributed by atoms with Crippen molar-refractivity contribution in [3.63, 3.8) is 0 Å². The van der Waals surface area contributed by atoms with Crippen LogP contribution in [0.15, 0.2) is 42.5 Å². The van der Waals surface area contributed by atoms with E-state index in [1.54, 1.807) is 25.1 Å². The Balaban J connectivity index is 1.58. The summed E-state index contributed by atoms with van der Waals surface area (Å²) in [7, 11) is 0. The highest BCUT2D eigenvalue weighted by Crippen LogP contribution is 2.32. The van der Waals surface area contributed by atoms with Gasteiger partial charge in [0.05, 0.1) is 6.10 Å². The minimum absolute atomic E-state index is 0.153. The fraction of sp³-hybridized carbons (Fsp3) is 0.278. The van der Waals surface area contributed by atoms with Crippen LogP contribution in [0.1, 0.15) is 35.4 Å². The highest BCUT2D eigenvalue weighted by Gasteiger charge is 2.19. The molecule has 1 heterocycles. The molecule has 24 heavy (non-hydrogen) atoms. The first kappa shape index (κ1) is 16.3. The van der Waals surface area contributed by atoms with Crippen LogP contribution in [-0.2, 0) is 0 Å². The van der Waals surface area contributed by atoms with Gasteiger partial charge in [0.25, 0.3) is 5.91 Å². The Bertz CT molecular complexity index is 732. The average Bonchev–Trinajstić information content (AvgIpc) is 3.02. The topological polar surface area (TPSA) is 67.8 Å². The molecule has 1 amide bonds. The van der Waals surface area contributed by atoms with Gasteiger partial charge < -0.3 is 19.9 Å². The maximum absolute atomic E-state index is 12.9. The Morgan fingerprint density at radius 2 is 1.92 bits per heavy atom. The van der Waals surface area contributed by atoms with E-state index in [4.69, 9.17) is 9.47 Å². The van der Waals surface area contributed by atoms with E-state index in [-0.39, 0.29) is 24.6 Å². The number of carbonyl (C=O) groups is 1. The van der Waals surface area contributed by atoms with E-state index in [0.29, 0.717) is 29.0 Å². The van der Waals surface area contributed by atoms with Crippen molar-refractivity contribution in [2.75, 3.05) is 6.79 Å². The maximum Gasteiger partial charge on any atom is 0.251 e. The van der Waals surface area contributed by atoms with Crippen LogP contribution in [0.4, 0.5) is 4.39 Å². The van der Waals surface area contributed by atoms with Gasteiger partial charge in [-0.1, -0.05) is 12.1 Å². The van der Waals surface area contributed by atoms with Crippen molar-refractivity contribution < 1.29 is 23.8 Å². The highest BCUT2D eigenvalue weighted by molar-refractivity contribution is 5.95. The molecule has 0 radical (unpaired) electrons. The van der Waals surface area contributed by atoms with E-state index in [1.165, 1.54) is 24.3 Å². The van der Waals surface area contributed by atoms with Gasteiger partial charge in [0.2, 0.25) is 6.79 Å². The highest BCUT2D eigenvalue weighted by atomic mass is 19.1. The maximum atomic E-state index is 12.9. The molecular formula is C18H18FNO4. The molecule has 0 aliphatic carbocycles. The van der Waals surface area contributed by atoms with Gasteiger partial charge in [-0.05, 0) is 49.2 Å². The lowest BCUT2D eigenvalue weighted by Crippen LogP contribution is -2.33. The molecule has 3 rings (SSSR count). The van der Waals surface area contributed by atoms with Crippen LogP contribution in [0.3, 0.4) is 0 Å². The number of carbonyl (C=O) groups excluding carboxylic acids is 1. The summed E-state index contributed by atoms with van der Waals surface area (Å²) in [5.74, 6) is 0.551. The largest absolute Gasteiger partial charge is 0.454 e. The van der Waals surface area contributed by atoms with E-state index >= 15 is 0 Å². The Kier molecular flexibility index (Phi) is 4.66. The first-order valence-corrected chi connectivity index (χ1v) is 7.67. The summed E-state index contributed by atoms with van der Waals surface area (Å²) in [5, 5.41) is 13.0. The summed E-state index contributed by atoms with van der Waals surface area (Å²) in [4.78, 5) is 12.3. The molecule has 2 N–H and O–H groups in total. The Hall–Kier alpha value is -2.60. The lowest BCUT2D eigenvalue weighted by Gasteiger charge is -2.18. The van der Waals surface area contributed by atoms with Crippen molar-refractivity contribution in [2.24, 2.45) is 0 Å². The van der Waals surface area contributed by atoms with Gasteiger partial charge in [0.15, 0.2) is 11.5 Å². The third-order valence-electron chi connectivity index (χ3n) is 3.84. The van der Waals surface area contributed by atoms with Crippen molar-refractivity contribution in [3.8, 4) is 11.5 Å². The van der Waals surface area contributed by atoms with Crippen LogP contribution >= 0.6 is 0 Å². The van der Waals surface area contributed by atoms with Gasteiger partial charge in [-0.15, -0.1) is 0 Å². The van der Waals surface area contributed by atoms with Crippen LogP contribution in [0.2, 0.25) is 0 Å². The number of fused-ring (bicyclic) bond motifs is 1. The van der Waals surface area contributed by atoms with Crippen molar-refractivity contribution in [2.45, 2.75) is 25.5 Å². The standard InChI is InChI=1S/C18H18FNO4/c1-11(8-15(21)12-2-5-14(19)6-3-12)20-18(22)13-4-7-16-17(9-13)24-10-23-16/h2-7,9,11,15,21H,8,10H2,1H3,(H,20,22)/t11-,15-/m1/s1. The summed E-state index contributed by atoms with van der Waals surface area (Å²) in [6, 6.07) is 10.4. The molecule has 2 atom stereocenters. The van der Waals surface area contributed by atoms with Crippen molar-refractivity contribution >= 4 is 5.91 Å². The van der Waals surface area contributed by atoms with Crippen molar-refractivity contribution in [1.29, 1.82) is 0 Å². The molecular weight excluding hydrogens is 313 g/mol. The van der Waals surface area contributed by atoms with Crippen LogP contribution in [-0.4, -0.2) is 23.8 Å². The Morgan fingerprint density at radius 1 is 1.21 bits per heavy atom. The molecule has 2 aromatic rings. The van der Waals surface area contributed by atoms with Gasteiger partial charge >= 0.3 is 0 Å². The normalized spacial score (nSPS) is 15.0. The molecule has 126 valence electrons. The molecule has 0 aromatic heterocycles. The summed E-state index contributed by atoms with van der Waals surface area (Å²) in [5.41, 5.74) is 1.07. The SMILES string of the molecule is C[C@H](C[C@@H](O)c1ccc(F)cc1)NC(=O)c1ccc2c(c1)OCO2. The van der Waals surface area contributed by atoms with E-state index in [9.17, 15) is 14.3 Å². The quantitative estimate of drug-likeness (QED) is 0.884. The number of amides is 1. The minimum Gasteiger partial charge on any atom is -0.454 e. The zero-order chi connectivity index (χ0) is 17.1. The van der Waals surface area contributed by atoms with E-state index in [2.05, 4.69) is 5.32 Å². The van der Waals surface area contributed by atoms with Crippen LogP contribution in [0.25, 0.3) is 0 Å². The van der Waals surface area contributed by atoms with Gasteiger partial charge in [-0.2, -0.15) is 0 Å². The molecule has 0 spiro atoms. The number of ether oxygens (including phenoxy) is 2. The molecule has 0 bridgehead atoms. The van der Waals surface area contributed by atoms with Gasteiger partial charge in [0, 0.05) is 11.6 Å². The van der Waals surface area contributed by atoms with E-state index in [0.717, 1.165) is 0 Å². The third-order valence-corrected chi connectivity index (χ3v) is 3.84. The number of aliphatic hydroxyl groups excluding tert-OH is 1. The zero-order valence-electron chi connectivity index (χ0n) is 13.2. The van der Waals surface area contributed by atoms with Crippen molar-refractivity contribution in [3.05, 3.63) is 59.4 Å². The smallest absolute Gasteiger partial charge is 0.251 e. The lowest BCUT2D eigenvalue weighted by atomic mass is 10.0. The number of rotatable bonds is 5. The molecule has 0 fully saturated rings. The molecule has 0 saturated heterocycles. The van der Waals surface area contributed by atoms with Crippen LogP contribution in [0, 0.1) is 5.82 Å². The number of hydrogen-bond donors (Lipinski definition) is 2. The zero-order valence-corrected chi connectivity index (χ0v) is 13.2.